The fraction of sp³-hybridized carbons (Fsp3) is 0.417. The van der Waals surface area contributed by atoms with E-state index in [0.717, 1.165) is 33.4 Å². The first-order chi connectivity index (χ1) is 26.0. The van der Waals surface area contributed by atoms with Crippen LogP contribution in [-0.4, -0.2) is 47.3 Å². The molecule has 0 amide bonds. The van der Waals surface area contributed by atoms with Crippen LogP contribution >= 0.6 is 0 Å². The van der Waals surface area contributed by atoms with Gasteiger partial charge in [-0.25, -0.2) is 0 Å². The van der Waals surface area contributed by atoms with Gasteiger partial charge in [0.25, 0.3) is 0 Å². The monoisotopic (exact) mass is 764 g/mol. The third kappa shape index (κ3) is 15.1. The van der Waals surface area contributed by atoms with E-state index in [2.05, 4.69) is 0 Å². The first kappa shape index (κ1) is 46.9. The molecule has 8 nitrogen and oxygen atoms in total. The van der Waals surface area contributed by atoms with E-state index in [1.165, 1.54) is 13.8 Å². The molecule has 0 heterocycles. The van der Waals surface area contributed by atoms with Crippen LogP contribution in [0.1, 0.15) is 109 Å². The normalized spacial score (nSPS) is 21.4. The lowest BCUT2D eigenvalue weighted by Crippen LogP contribution is -2.39. The van der Waals surface area contributed by atoms with E-state index in [1.54, 1.807) is 13.8 Å². The number of hydrogen-bond donors (Lipinski definition) is 0. The fourth-order valence-corrected chi connectivity index (χ4v) is 6.56. The molecular weight excluding hydrogens is 705 g/mol. The summed E-state index contributed by atoms with van der Waals surface area (Å²) in [6.07, 6.45) is 26.1. The van der Waals surface area contributed by atoms with Gasteiger partial charge < -0.3 is 9.47 Å². The standard InChI is InChI=1S/C48H60O8/c1-31(19-15-21-33(3)23-25-39-37(7)45(53)41(29-47(39,9)10)55-43(51)27-35(5)49)17-13-14-18-32(2)20-16-22-34(4)24-26-40-38(8)46(54)42(30-48(40,11)12)56-44(52)28-36(6)50/h13-26,41-42H,27-30H2,1-12H3/b14-13+,19-15+,20-16+,25-23+,26-24+,31-17+,32-18+,33-21+,34-22+/t41-,42-/m0/s1. The Bertz CT molecular complexity index is 1780. The summed E-state index contributed by atoms with van der Waals surface area (Å²) in [4.78, 5) is 72.5. The summed E-state index contributed by atoms with van der Waals surface area (Å²) >= 11 is 0. The molecule has 0 N–H and O–H groups in total. The predicted octanol–water partition coefficient (Wildman–Crippen LogP) is 9.97. The molecule has 0 unspecified atom stereocenters. The first-order valence-electron chi connectivity index (χ1n) is 19.0. The lowest BCUT2D eigenvalue weighted by molar-refractivity contribution is -0.157. The van der Waals surface area contributed by atoms with E-state index in [9.17, 15) is 28.8 Å². The van der Waals surface area contributed by atoms with E-state index in [-0.39, 0.29) is 36.0 Å². The Labute approximate surface area is 333 Å². The number of Topliss-reactive ketones (excluding diaryl/α,β-unsaturated/α-hetero) is 4. The van der Waals surface area contributed by atoms with Gasteiger partial charge in [0, 0.05) is 12.8 Å². The minimum absolute atomic E-state index is 0.229. The van der Waals surface area contributed by atoms with E-state index in [4.69, 9.17) is 9.47 Å². The van der Waals surface area contributed by atoms with Gasteiger partial charge in [-0.1, -0.05) is 135 Å². The Morgan fingerprint density at radius 2 is 0.839 bits per heavy atom. The summed E-state index contributed by atoms with van der Waals surface area (Å²) in [7, 11) is 0. The minimum atomic E-state index is -0.883. The van der Waals surface area contributed by atoms with Crippen LogP contribution in [0.5, 0.6) is 0 Å². The van der Waals surface area contributed by atoms with Crippen molar-refractivity contribution < 1.29 is 38.2 Å². The van der Waals surface area contributed by atoms with Crippen molar-refractivity contribution in [2.75, 3.05) is 0 Å². The Hall–Kier alpha value is -5.24. The highest BCUT2D eigenvalue weighted by Gasteiger charge is 2.41. The number of carbonyl (C=O) groups excluding carboxylic acids is 6. The van der Waals surface area contributed by atoms with Crippen LogP contribution < -0.4 is 0 Å². The van der Waals surface area contributed by atoms with Crippen molar-refractivity contribution in [2.24, 2.45) is 10.8 Å². The van der Waals surface area contributed by atoms with Crippen LogP contribution in [-0.2, 0) is 38.2 Å². The largest absolute Gasteiger partial charge is 0.454 e. The van der Waals surface area contributed by atoms with Crippen LogP contribution in [0.25, 0.3) is 0 Å². The molecule has 300 valence electrons. The van der Waals surface area contributed by atoms with Crippen molar-refractivity contribution in [3.05, 3.63) is 130 Å². The molecule has 56 heavy (non-hydrogen) atoms. The smallest absolute Gasteiger partial charge is 0.314 e. The van der Waals surface area contributed by atoms with Gasteiger partial charge in [-0.3, -0.25) is 28.8 Å². The van der Waals surface area contributed by atoms with Crippen molar-refractivity contribution >= 4 is 35.1 Å². The summed E-state index contributed by atoms with van der Waals surface area (Å²) in [5, 5.41) is 0. The summed E-state index contributed by atoms with van der Waals surface area (Å²) in [5.74, 6) is -2.39. The van der Waals surface area contributed by atoms with E-state index in [0.29, 0.717) is 24.0 Å². The van der Waals surface area contributed by atoms with Gasteiger partial charge in [-0.15, -0.1) is 0 Å². The number of carbonyl (C=O) groups is 6. The van der Waals surface area contributed by atoms with Gasteiger partial charge in [0.15, 0.2) is 23.8 Å². The van der Waals surface area contributed by atoms with Crippen molar-refractivity contribution in [3.8, 4) is 0 Å². The van der Waals surface area contributed by atoms with Gasteiger partial charge in [-0.05, 0) is 88.5 Å². The molecule has 2 rings (SSSR count). The van der Waals surface area contributed by atoms with Crippen molar-refractivity contribution in [2.45, 2.75) is 121 Å². The molecule has 0 radical (unpaired) electrons. The number of esters is 2. The molecule has 2 aliphatic rings. The molecule has 0 aromatic carbocycles. The summed E-state index contributed by atoms with van der Waals surface area (Å²) in [6, 6.07) is 0. The minimum Gasteiger partial charge on any atom is -0.454 e. The van der Waals surface area contributed by atoms with Crippen LogP contribution in [0.15, 0.2) is 130 Å². The summed E-state index contributed by atoms with van der Waals surface area (Å²) < 4.78 is 10.7. The van der Waals surface area contributed by atoms with Crippen molar-refractivity contribution in [3.63, 3.8) is 0 Å². The summed E-state index contributed by atoms with van der Waals surface area (Å²) in [6.45, 7) is 22.2. The molecule has 2 atom stereocenters. The number of ketones is 4. The molecule has 0 spiro atoms. The molecule has 0 saturated carbocycles. The lowest BCUT2D eigenvalue weighted by Gasteiger charge is -2.36. The maximum absolute atomic E-state index is 13.0. The topological polar surface area (TPSA) is 121 Å². The second-order valence-corrected chi connectivity index (χ2v) is 16.1. The number of allylic oxidation sites excluding steroid dienone is 20. The van der Waals surface area contributed by atoms with E-state index < -0.39 is 35.0 Å². The van der Waals surface area contributed by atoms with Crippen molar-refractivity contribution in [1.29, 1.82) is 0 Å². The fourth-order valence-electron chi connectivity index (χ4n) is 6.56. The SMILES string of the molecule is CC(=O)CC(=O)O[C@H]1CC(C)(C)C(/C=C/C(C)=C/C=C/C(C)=C/C=C/C=C(C)/C=C/C=C(C)/C=C/C2=C(C)C(=O)[C@@H](OC(=O)CC(C)=O)CC2(C)C)=C(C)C1=O. The number of hydrogen-bond acceptors (Lipinski definition) is 8. The zero-order chi connectivity index (χ0) is 42.4. The average Bonchev–Trinajstić information content (AvgIpc) is 3.06. The molecule has 8 heteroatoms. The predicted molar refractivity (Wildman–Crippen MR) is 223 cm³/mol. The zero-order valence-electron chi connectivity index (χ0n) is 35.3. The number of ether oxygens (including phenoxy) is 2. The molecule has 0 saturated heterocycles. The third-order valence-corrected chi connectivity index (χ3v) is 9.61. The molecule has 0 aliphatic heterocycles. The Morgan fingerprint density at radius 1 is 0.536 bits per heavy atom. The first-order valence-corrected chi connectivity index (χ1v) is 19.0. The number of rotatable bonds is 16. The Morgan fingerprint density at radius 3 is 1.16 bits per heavy atom. The second kappa shape index (κ2) is 21.2. The highest BCUT2D eigenvalue weighted by Crippen LogP contribution is 2.42. The molecular formula is C48H60O8. The van der Waals surface area contributed by atoms with Crippen molar-refractivity contribution in [1.82, 2.24) is 0 Å². The van der Waals surface area contributed by atoms with E-state index >= 15 is 0 Å². The maximum Gasteiger partial charge on any atom is 0.314 e. The molecule has 0 aromatic rings. The zero-order valence-corrected chi connectivity index (χ0v) is 35.3. The molecule has 0 aromatic heterocycles. The second-order valence-electron chi connectivity index (χ2n) is 16.1. The third-order valence-electron chi connectivity index (χ3n) is 9.61. The molecule has 2 aliphatic carbocycles. The Balaban J connectivity index is 1.98. The van der Waals surface area contributed by atoms with Crippen LogP contribution in [0, 0.1) is 10.8 Å². The van der Waals surface area contributed by atoms with Crippen LogP contribution in [0.4, 0.5) is 0 Å². The quantitative estimate of drug-likeness (QED) is 0.0865. The van der Waals surface area contributed by atoms with Gasteiger partial charge >= 0.3 is 11.9 Å². The molecule has 0 bridgehead atoms. The van der Waals surface area contributed by atoms with E-state index in [1.807, 2.05) is 140 Å². The van der Waals surface area contributed by atoms with Crippen LogP contribution in [0.3, 0.4) is 0 Å². The highest BCUT2D eigenvalue weighted by atomic mass is 16.6. The Kier molecular flexibility index (Phi) is 17.7. The lowest BCUT2D eigenvalue weighted by atomic mass is 9.71. The highest BCUT2D eigenvalue weighted by molar-refractivity contribution is 6.03. The van der Waals surface area contributed by atoms with Gasteiger partial charge in [-0.2, -0.15) is 0 Å². The van der Waals surface area contributed by atoms with Gasteiger partial charge in [0.1, 0.15) is 24.4 Å². The maximum atomic E-state index is 13.0. The summed E-state index contributed by atoms with van der Waals surface area (Å²) in [5.41, 5.74) is 6.29. The molecule has 0 fully saturated rings. The van der Waals surface area contributed by atoms with Gasteiger partial charge in [0.2, 0.25) is 0 Å². The van der Waals surface area contributed by atoms with Crippen LogP contribution in [0.2, 0.25) is 0 Å². The van der Waals surface area contributed by atoms with Gasteiger partial charge in [0.05, 0.1) is 0 Å². The average molecular weight is 765 g/mol.